The lowest BCUT2D eigenvalue weighted by atomic mass is 10.1. The Morgan fingerprint density at radius 2 is 1.83 bits per heavy atom. The highest BCUT2D eigenvalue weighted by Gasteiger charge is 2.41. The fraction of sp³-hybridized carbons (Fsp3) is 0.909. The van der Waals surface area contributed by atoms with E-state index in [4.69, 9.17) is 9.84 Å². The molecule has 6 nitrogen and oxygen atoms in total. The second-order valence-corrected chi connectivity index (χ2v) is 7.07. The fourth-order valence-electron chi connectivity index (χ4n) is 2.14. The molecule has 0 unspecified atom stereocenters. The average molecular weight is 277 g/mol. The zero-order chi connectivity index (χ0) is 13.2. The first-order chi connectivity index (χ1) is 8.50. The molecule has 1 heterocycles. The summed E-state index contributed by atoms with van der Waals surface area (Å²) in [6.45, 7) is 1.20. The molecule has 0 amide bonds. The van der Waals surface area contributed by atoms with E-state index in [1.54, 1.807) is 4.31 Å². The van der Waals surface area contributed by atoms with Crippen LogP contribution in [0.2, 0.25) is 0 Å². The van der Waals surface area contributed by atoms with E-state index in [1.807, 2.05) is 0 Å². The SMILES string of the molecule is O=C(O)CCOC1CCN(S(=O)(=O)C2CC2)CC1. The maximum atomic E-state index is 12.0. The van der Waals surface area contributed by atoms with E-state index in [2.05, 4.69) is 0 Å². The monoisotopic (exact) mass is 277 g/mol. The van der Waals surface area contributed by atoms with E-state index in [0.717, 1.165) is 12.8 Å². The lowest BCUT2D eigenvalue weighted by molar-refractivity contribution is -0.138. The van der Waals surface area contributed by atoms with Crippen LogP contribution in [0.15, 0.2) is 0 Å². The van der Waals surface area contributed by atoms with Gasteiger partial charge in [0, 0.05) is 13.1 Å². The third kappa shape index (κ3) is 3.43. The number of carbonyl (C=O) groups is 1. The van der Waals surface area contributed by atoms with Gasteiger partial charge in [0.1, 0.15) is 0 Å². The minimum absolute atomic E-state index is 0.000582. The predicted octanol–water partition coefficient (Wildman–Crippen LogP) is 0.434. The van der Waals surface area contributed by atoms with Gasteiger partial charge in [-0.05, 0) is 25.7 Å². The maximum absolute atomic E-state index is 12.0. The summed E-state index contributed by atoms with van der Waals surface area (Å²) in [4.78, 5) is 10.3. The van der Waals surface area contributed by atoms with Gasteiger partial charge in [-0.1, -0.05) is 0 Å². The maximum Gasteiger partial charge on any atom is 0.305 e. The number of piperidine rings is 1. The van der Waals surface area contributed by atoms with E-state index >= 15 is 0 Å². The number of aliphatic carboxylic acids is 1. The van der Waals surface area contributed by atoms with Crippen LogP contribution in [0.3, 0.4) is 0 Å². The molecular formula is C11H19NO5S. The number of rotatable bonds is 6. The summed E-state index contributed by atoms with van der Waals surface area (Å²) in [5, 5.41) is 8.34. The first-order valence-corrected chi connectivity index (χ1v) is 7.83. The summed E-state index contributed by atoms with van der Waals surface area (Å²) in [5.74, 6) is -0.872. The van der Waals surface area contributed by atoms with Crippen molar-refractivity contribution in [1.82, 2.24) is 4.31 Å². The van der Waals surface area contributed by atoms with Gasteiger partial charge in [0.05, 0.1) is 24.4 Å². The molecule has 104 valence electrons. The van der Waals surface area contributed by atoms with Crippen molar-refractivity contribution in [2.75, 3.05) is 19.7 Å². The summed E-state index contributed by atoms with van der Waals surface area (Å²) in [7, 11) is -3.06. The molecule has 2 fully saturated rings. The van der Waals surface area contributed by atoms with Crippen LogP contribution in [0.1, 0.15) is 32.1 Å². The molecule has 2 aliphatic rings. The second-order valence-electron chi connectivity index (χ2n) is 4.86. The zero-order valence-electron chi connectivity index (χ0n) is 10.2. The van der Waals surface area contributed by atoms with Crippen LogP contribution in [0.4, 0.5) is 0 Å². The summed E-state index contributed by atoms with van der Waals surface area (Å²) in [5.41, 5.74) is 0. The van der Waals surface area contributed by atoms with Crippen LogP contribution < -0.4 is 0 Å². The predicted molar refractivity (Wildman–Crippen MR) is 64.7 cm³/mol. The van der Waals surface area contributed by atoms with Gasteiger partial charge in [-0.3, -0.25) is 4.79 Å². The van der Waals surface area contributed by atoms with Gasteiger partial charge < -0.3 is 9.84 Å². The molecule has 1 aliphatic carbocycles. The molecule has 0 aromatic heterocycles. The number of carboxylic acid groups (broad SMARTS) is 1. The van der Waals surface area contributed by atoms with Gasteiger partial charge in [-0.15, -0.1) is 0 Å². The number of hydrogen-bond acceptors (Lipinski definition) is 4. The van der Waals surface area contributed by atoms with Crippen LogP contribution in [0, 0.1) is 0 Å². The third-order valence-corrected chi connectivity index (χ3v) is 5.77. The molecule has 2 rings (SSSR count). The van der Waals surface area contributed by atoms with Crippen molar-refractivity contribution < 1.29 is 23.1 Å². The molecular weight excluding hydrogens is 258 g/mol. The number of carboxylic acids is 1. The highest BCUT2D eigenvalue weighted by molar-refractivity contribution is 7.90. The van der Waals surface area contributed by atoms with Crippen LogP contribution in [-0.2, 0) is 19.6 Å². The van der Waals surface area contributed by atoms with Crippen molar-refractivity contribution in [3.8, 4) is 0 Å². The zero-order valence-corrected chi connectivity index (χ0v) is 11.1. The second kappa shape index (κ2) is 5.54. The Labute approximate surface area is 107 Å². The van der Waals surface area contributed by atoms with Crippen LogP contribution >= 0.6 is 0 Å². The van der Waals surface area contributed by atoms with Gasteiger partial charge in [0.15, 0.2) is 0 Å². The Morgan fingerprint density at radius 3 is 2.33 bits per heavy atom. The van der Waals surface area contributed by atoms with E-state index in [-0.39, 0.29) is 24.4 Å². The lowest BCUT2D eigenvalue weighted by Gasteiger charge is -2.31. The molecule has 0 aromatic rings. The van der Waals surface area contributed by atoms with Crippen LogP contribution in [0.5, 0.6) is 0 Å². The van der Waals surface area contributed by atoms with Crippen molar-refractivity contribution in [3.05, 3.63) is 0 Å². The fourth-order valence-corrected chi connectivity index (χ4v) is 4.02. The quantitative estimate of drug-likeness (QED) is 0.761. The number of hydrogen-bond donors (Lipinski definition) is 1. The van der Waals surface area contributed by atoms with Crippen molar-refractivity contribution >= 4 is 16.0 Å². The molecule has 0 atom stereocenters. The van der Waals surface area contributed by atoms with Crippen molar-refractivity contribution in [2.24, 2.45) is 0 Å². The first-order valence-electron chi connectivity index (χ1n) is 6.32. The molecule has 0 radical (unpaired) electrons. The highest BCUT2D eigenvalue weighted by Crippen LogP contribution is 2.32. The standard InChI is InChI=1S/C11H19NO5S/c13-11(14)5-8-17-9-3-6-12(7-4-9)18(15,16)10-1-2-10/h9-10H,1-8H2,(H,13,14). The van der Waals surface area contributed by atoms with Gasteiger partial charge in [-0.2, -0.15) is 0 Å². The summed E-state index contributed by atoms with van der Waals surface area (Å²) < 4.78 is 30.9. The van der Waals surface area contributed by atoms with Gasteiger partial charge in [0.25, 0.3) is 0 Å². The Hall–Kier alpha value is -0.660. The largest absolute Gasteiger partial charge is 0.481 e. The van der Waals surface area contributed by atoms with Gasteiger partial charge in [-0.25, -0.2) is 12.7 Å². The molecule has 0 aromatic carbocycles. The van der Waals surface area contributed by atoms with Crippen LogP contribution in [0.25, 0.3) is 0 Å². The van der Waals surface area contributed by atoms with Crippen molar-refractivity contribution in [1.29, 1.82) is 0 Å². The average Bonchev–Trinajstić information content (AvgIpc) is 3.13. The normalized spacial score (nSPS) is 23.1. The Bertz CT molecular complexity index is 396. The molecule has 0 bridgehead atoms. The van der Waals surface area contributed by atoms with E-state index < -0.39 is 16.0 Å². The molecule has 1 saturated carbocycles. The highest BCUT2D eigenvalue weighted by atomic mass is 32.2. The number of ether oxygens (including phenoxy) is 1. The van der Waals surface area contributed by atoms with E-state index in [1.165, 1.54) is 0 Å². The molecule has 1 saturated heterocycles. The molecule has 1 aliphatic heterocycles. The van der Waals surface area contributed by atoms with Gasteiger partial charge in [0.2, 0.25) is 10.0 Å². The van der Waals surface area contributed by atoms with E-state index in [9.17, 15) is 13.2 Å². The molecule has 18 heavy (non-hydrogen) atoms. The van der Waals surface area contributed by atoms with Crippen molar-refractivity contribution in [3.63, 3.8) is 0 Å². The van der Waals surface area contributed by atoms with Gasteiger partial charge >= 0.3 is 5.97 Å². The molecule has 0 spiro atoms. The Morgan fingerprint density at radius 1 is 1.22 bits per heavy atom. The van der Waals surface area contributed by atoms with E-state index in [0.29, 0.717) is 25.9 Å². The van der Waals surface area contributed by atoms with Crippen LogP contribution in [-0.4, -0.2) is 54.8 Å². The third-order valence-electron chi connectivity index (χ3n) is 3.38. The molecule has 7 heteroatoms. The summed E-state index contributed by atoms with van der Waals surface area (Å²) in [6, 6.07) is 0. The Kier molecular flexibility index (Phi) is 4.24. The number of nitrogens with zero attached hydrogens (tertiary/aromatic N) is 1. The first kappa shape index (κ1) is 13.8. The lowest BCUT2D eigenvalue weighted by Crippen LogP contribution is -2.42. The smallest absolute Gasteiger partial charge is 0.305 e. The Balaban J connectivity index is 1.72. The summed E-state index contributed by atoms with van der Waals surface area (Å²) in [6.07, 6.45) is 2.89. The van der Waals surface area contributed by atoms with Crippen molar-refractivity contribution in [2.45, 2.75) is 43.5 Å². The topological polar surface area (TPSA) is 83.9 Å². The minimum atomic E-state index is -3.06. The number of sulfonamides is 1. The minimum Gasteiger partial charge on any atom is -0.481 e. The summed E-state index contributed by atoms with van der Waals surface area (Å²) >= 11 is 0. The molecule has 1 N–H and O–H groups in total.